The Hall–Kier alpha value is -3.72. The summed E-state index contributed by atoms with van der Waals surface area (Å²) in [5.41, 5.74) is 1.42. The third-order valence-corrected chi connectivity index (χ3v) is 7.16. The van der Waals surface area contributed by atoms with Gasteiger partial charge in [-0.15, -0.1) is 0 Å². The van der Waals surface area contributed by atoms with E-state index in [2.05, 4.69) is 4.98 Å². The molecule has 7 nitrogen and oxygen atoms in total. The predicted octanol–water partition coefficient (Wildman–Crippen LogP) is 5.09. The van der Waals surface area contributed by atoms with Gasteiger partial charge in [0, 0.05) is 12.1 Å². The fraction of sp³-hybridized carbons (Fsp3) is 0.259. The van der Waals surface area contributed by atoms with Crippen LogP contribution in [0.4, 0.5) is 4.39 Å². The van der Waals surface area contributed by atoms with Gasteiger partial charge < -0.3 is 13.9 Å². The Labute approximate surface area is 210 Å². The molecular weight excluding hydrogens is 481 g/mol. The van der Waals surface area contributed by atoms with Crippen molar-refractivity contribution in [2.24, 2.45) is 5.92 Å². The summed E-state index contributed by atoms with van der Waals surface area (Å²) in [4.78, 5) is 19.2. The van der Waals surface area contributed by atoms with Crippen LogP contribution in [-0.4, -0.2) is 28.8 Å². The van der Waals surface area contributed by atoms with Crippen LogP contribution in [0.15, 0.2) is 88.8 Å². The van der Waals surface area contributed by atoms with Crippen LogP contribution < -0.4 is 0 Å². The van der Waals surface area contributed by atoms with Gasteiger partial charge in [0.05, 0.1) is 37.0 Å². The fourth-order valence-corrected chi connectivity index (χ4v) is 5.48. The second-order valence-corrected chi connectivity index (χ2v) is 10.9. The smallest absolute Gasteiger partial charge is 0.254 e. The number of hydrogen-bond donors (Lipinski definition) is 0. The van der Waals surface area contributed by atoms with Crippen LogP contribution in [-0.2, 0) is 35.2 Å². The summed E-state index contributed by atoms with van der Waals surface area (Å²) in [6.45, 7) is 4.56. The maximum Gasteiger partial charge on any atom is 0.254 e. The minimum atomic E-state index is -3.75. The van der Waals surface area contributed by atoms with Crippen LogP contribution in [0.1, 0.15) is 41.2 Å². The molecule has 4 rings (SSSR count). The lowest BCUT2D eigenvalue weighted by molar-refractivity contribution is 0.0712. The van der Waals surface area contributed by atoms with Crippen molar-refractivity contribution in [1.29, 1.82) is 0 Å². The van der Waals surface area contributed by atoms with Crippen molar-refractivity contribution in [1.82, 2.24) is 14.5 Å². The summed E-state index contributed by atoms with van der Waals surface area (Å²) in [5, 5.41) is -0.0359. The zero-order chi connectivity index (χ0) is 25.7. The summed E-state index contributed by atoms with van der Waals surface area (Å²) < 4.78 is 47.6. The standard InChI is InChI=1S/C27H28FN3O4S/c1-20(2)16-31-24(15-29-27(31)36(33,34)19-21-8-4-3-5-9-21)17-30(18-25-12-7-13-35-25)26(32)22-10-6-11-23(28)14-22/h3-15,20H,16-19H2,1-2H3. The number of furan rings is 1. The molecule has 0 fully saturated rings. The maximum absolute atomic E-state index is 13.8. The van der Waals surface area contributed by atoms with Crippen LogP contribution in [0.25, 0.3) is 0 Å². The summed E-state index contributed by atoms with van der Waals surface area (Å²) >= 11 is 0. The topological polar surface area (TPSA) is 85.4 Å². The average Bonchev–Trinajstić information content (AvgIpc) is 3.49. The average molecular weight is 510 g/mol. The molecule has 4 aromatic rings. The Morgan fingerprint density at radius 1 is 1.06 bits per heavy atom. The first-order chi connectivity index (χ1) is 17.2. The van der Waals surface area contributed by atoms with Crippen molar-refractivity contribution in [3.63, 3.8) is 0 Å². The second-order valence-electron chi connectivity index (χ2n) is 9.03. The highest BCUT2D eigenvalue weighted by atomic mass is 32.2. The molecule has 0 unspecified atom stereocenters. The highest BCUT2D eigenvalue weighted by molar-refractivity contribution is 7.90. The molecule has 2 heterocycles. The molecule has 188 valence electrons. The van der Waals surface area contributed by atoms with Crippen LogP contribution in [0, 0.1) is 11.7 Å². The number of aromatic nitrogens is 2. The van der Waals surface area contributed by atoms with Gasteiger partial charge in [0.25, 0.3) is 5.91 Å². The Morgan fingerprint density at radius 2 is 1.83 bits per heavy atom. The van der Waals surface area contributed by atoms with Crippen LogP contribution in [0.5, 0.6) is 0 Å². The first-order valence-electron chi connectivity index (χ1n) is 11.6. The van der Waals surface area contributed by atoms with Gasteiger partial charge in [-0.3, -0.25) is 4.79 Å². The number of imidazole rings is 1. The predicted molar refractivity (Wildman–Crippen MR) is 133 cm³/mol. The molecule has 36 heavy (non-hydrogen) atoms. The molecule has 0 atom stereocenters. The van der Waals surface area contributed by atoms with E-state index >= 15 is 0 Å². The molecule has 9 heteroatoms. The van der Waals surface area contributed by atoms with Gasteiger partial charge in [-0.1, -0.05) is 50.2 Å². The molecule has 0 aliphatic rings. The number of halogens is 1. The van der Waals surface area contributed by atoms with Crippen molar-refractivity contribution in [2.45, 2.75) is 44.4 Å². The van der Waals surface area contributed by atoms with E-state index in [1.165, 1.54) is 35.6 Å². The van der Waals surface area contributed by atoms with Crippen molar-refractivity contribution < 1.29 is 22.0 Å². The third kappa shape index (κ3) is 6.09. The molecule has 2 aromatic carbocycles. The lowest BCUT2D eigenvalue weighted by Crippen LogP contribution is -2.31. The minimum Gasteiger partial charge on any atom is -0.467 e. The van der Waals surface area contributed by atoms with Gasteiger partial charge in [-0.2, -0.15) is 0 Å². The molecule has 1 amide bonds. The van der Waals surface area contributed by atoms with Gasteiger partial charge >= 0.3 is 0 Å². The lowest BCUT2D eigenvalue weighted by atomic mass is 10.1. The number of amides is 1. The number of nitrogens with zero attached hydrogens (tertiary/aromatic N) is 3. The normalized spacial score (nSPS) is 11.7. The van der Waals surface area contributed by atoms with E-state index in [0.717, 1.165) is 0 Å². The quantitative estimate of drug-likeness (QED) is 0.297. The number of hydrogen-bond acceptors (Lipinski definition) is 5. The highest BCUT2D eigenvalue weighted by Gasteiger charge is 2.27. The number of rotatable bonds is 10. The zero-order valence-electron chi connectivity index (χ0n) is 20.2. The monoisotopic (exact) mass is 509 g/mol. The lowest BCUT2D eigenvalue weighted by Gasteiger charge is -2.23. The van der Waals surface area contributed by atoms with Gasteiger partial charge in [-0.05, 0) is 41.8 Å². The summed E-state index contributed by atoms with van der Waals surface area (Å²) in [5.74, 6) is -0.428. The van der Waals surface area contributed by atoms with E-state index in [4.69, 9.17) is 4.42 Å². The van der Waals surface area contributed by atoms with Crippen molar-refractivity contribution in [2.75, 3.05) is 0 Å². The van der Waals surface area contributed by atoms with Crippen LogP contribution in [0.2, 0.25) is 0 Å². The number of sulfone groups is 1. The van der Waals surface area contributed by atoms with E-state index in [-0.39, 0.29) is 35.5 Å². The Bertz CT molecular complexity index is 1410. The van der Waals surface area contributed by atoms with E-state index in [1.807, 2.05) is 19.9 Å². The number of benzene rings is 2. The zero-order valence-corrected chi connectivity index (χ0v) is 21.0. The van der Waals surface area contributed by atoms with Crippen LogP contribution >= 0.6 is 0 Å². The fourth-order valence-electron chi connectivity index (χ4n) is 3.97. The Morgan fingerprint density at radius 3 is 2.50 bits per heavy atom. The first kappa shape index (κ1) is 25.4. The SMILES string of the molecule is CC(C)Cn1c(CN(Cc2ccco2)C(=O)c2cccc(F)c2)cnc1S(=O)(=O)Cc1ccccc1. The molecule has 0 saturated carbocycles. The summed E-state index contributed by atoms with van der Waals surface area (Å²) in [6.07, 6.45) is 3.01. The summed E-state index contributed by atoms with van der Waals surface area (Å²) in [6, 6.07) is 17.9. The molecule has 0 aliphatic carbocycles. The summed E-state index contributed by atoms with van der Waals surface area (Å²) in [7, 11) is -3.75. The first-order valence-corrected chi connectivity index (χ1v) is 13.3. The van der Waals surface area contributed by atoms with Crippen LogP contribution in [0.3, 0.4) is 0 Å². The van der Waals surface area contributed by atoms with Gasteiger partial charge in [0.2, 0.25) is 15.0 Å². The second kappa shape index (κ2) is 10.9. The highest BCUT2D eigenvalue weighted by Crippen LogP contribution is 2.22. The Balaban J connectivity index is 1.69. The molecule has 0 aliphatic heterocycles. The van der Waals surface area contributed by atoms with Crippen molar-refractivity contribution in [3.05, 3.63) is 108 Å². The molecule has 2 aromatic heterocycles. The van der Waals surface area contributed by atoms with Gasteiger partial charge in [0.15, 0.2) is 0 Å². The van der Waals surface area contributed by atoms with E-state index < -0.39 is 21.6 Å². The molecular formula is C27H28FN3O4S. The van der Waals surface area contributed by atoms with Crippen molar-refractivity contribution in [3.8, 4) is 0 Å². The van der Waals surface area contributed by atoms with Gasteiger partial charge in [-0.25, -0.2) is 17.8 Å². The largest absolute Gasteiger partial charge is 0.467 e. The molecule has 0 saturated heterocycles. The third-order valence-electron chi connectivity index (χ3n) is 5.57. The van der Waals surface area contributed by atoms with E-state index in [9.17, 15) is 17.6 Å². The minimum absolute atomic E-state index is 0.0359. The van der Waals surface area contributed by atoms with E-state index in [1.54, 1.807) is 47.0 Å². The Kier molecular flexibility index (Phi) is 7.69. The van der Waals surface area contributed by atoms with Gasteiger partial charge in [0.1, 0.15) is 11.6 Å². The number of carbonyl (C=O) groups excluding carboxylic acids is 1. The molecule has 0 radical (unpaired) electrons. The number of carbonyl (C=O) groups is 1. The molecule has 0 spiro atoms. The van der Waals surface area contributed by atoms with E-state index in [0.29, 0.717) is 23.6 Å². The maximum atomic E-state index is 13.8. The molecule has 0 N–H and O–H groups in total. The molecule has 0 bridgehead atoms. The van der Waals surface area contributed by atoms with Crippen molar-refractivity contribution >= 4 is 15.7 Å².